The molecular weight excluding hydrogens is 313 g/mol. The molecule has 0 radical (unpaired) electrons. The van der Waals surface area contributed by atoms with Crippen LogP contribution >= 0.6 is 0 Å². The predicted octanol–water partition coefficient (Wildman–Crippen LogP) is 1.22. The zero-order valence-electron chi connectivity index (χ0n) is 14.2. The third-order valence-corrected chi connectivity index (χ3v) is 6.74. The quantitative estimate of drug-likeness (QED) is 0.760. The molecule has 2 aliphatic rings. The number of sulfone groups is 1. The number of anilines is 1. The molecule has 2 aliphatic heterocycles. The van der Waals surface area contributed by atoms with Crippen LogP contribution in [0, 0.1) is 0 Å². The average molecular weight is 337 g/mol. The maximum absolute atomic E-state index is 11.5. The molecule has 0 bridgehead atoms. The molecule has 0 N–H and O–H groups in total. The van der Waals surface area contributed by atoms with E-state index in [-0.39, 0.29) is 29.8 Å². The van der Waals surface area contributed by atoms with Gasteiger partial charge < -0.3 is 14.2 Å². The van der Waals surface area contributed by atoms with Crippen molar-refractivity contribution in [3.63, 3.8) is 0 Å². The molecule has 2 heterocycles. The molecule has 0 amide bonds. The Bertz CT molecular complexity index is 655. The van der Waals surface area contributed by atoms with Gasteiger partial charge in [0.2, 0.25) is 0 Å². The molecule has 7 heteroatoms. The Morgan fingerprint density at radius 1 is 0.957 bits per heavy atom. The van der Waals surface area contributed by atoms with Gasteiger partial charge in [-0.05, 0) is 45.3 Å². The van der Waals surface area contributed by atoms with E-state index < -0.39 is 9.84 Å². The highest BCUT2D eigenvalue weighted by atomic mass is 32.2. The SMILES string of the molecule is CC1(C)OB(c2ccc(N3CCS(=O)(=O)CC3)cc2)OC1(C)C. The molecule has 5 nitrogen and oxygen atoms in total. The third-order valence-electron chi connectivity index (χ3n) is 5.13. The topological polar surface area (TPSA) is 55.8 Å². The Kier molecular flexibility index (Phi) is 4.02. The lowest BCUT2D eigenvalue weighted by atomic mass is 9.79. The number of rotatable bonds is 2. The molecule has 1 aromatic rings. The summed E-state index contributed by atoms with van der Waals surface area (Å²) in [5.74, 6) is 0.456. The van der Waals surface area contributed by atoms with E-state index in [1.807, 2.05) is 52.0 Å². The molecule has 0 aliphatic carbocycles. The molecule has 0 saturated carbocycles. The first kappa shape index (κ1) is 16.8. The molecule has 0 atom stereocenters. The minimum Gasteiger partial charge on any atom is -0.399 e. The van der Waals surface area contributed by atoms with Crippen molar-refractivity contribution in [3.8, 4) is 0 Å². The number of hydrogen-bond donors (Lipinski definition) is 0. The zero-order valence-corrected chi connectivity index (χ0v) is 15.0. The fourth-order valence-electron chi connectivity index (χ4n) is 2.79. The maximum atomic E-state index is 11.5. The van der Waals surface area contributed by atoms with Crippen molar-refractivity contribution in [2.75, 3.05) is 29.5 Å². The fourth-order valence-corrected chi connectivity index (χ4v) is 3.99. The van der Waals surface area contributed by atoms with Gasteiger partial charge in [-0.3, -0.25) is 0 Å². The Morgan fingerprint density at radius 3 is 1.91 bits per heavy atom. The lowest BCUT2D eigenvalue weighted by Crippen LogP contribution is -2.41. The largest absolute Gasteiger partial charge is 0.494 e. The molecule has 2 saturated heterocycles. The van der Waals surface area contributed by atoms with Gasteiger partial charge in [0, 0.05) is 18.8 Å². The van der Waals surface area contributed by atoms with Crippen LogP contribution < -0.4 is 10.4 Å². The molecule has 3 rings (SSSR count). The summed E-state index contributed by atoms with van der Waals surface area (Å²) in [7, 11) is -3.22. The highest BCUT2D eigenvalue weighted by Gasteiger charge is 2.51. The highest BCUT2D eigenvalue weighted by molar-refractivity contribution is 7.91. The van der Waals surface area contributed by atoms with E-state index in [4.69, 9.17) is 9.31 Å². The minimum absolute atomic E-state index is 0.228. The lowest BCUT2D eigenvalue weighted by Gasteiger charge is -2.32. The standard InChI is InChI=1S/C16H24BNO4S/c1-15(2)16(3,4)22-17(21-15)13-5-7-14(8-6-13)18-9-11-23(19,20)12-10-18/h5-8H,9-12H2,1-4H3. The van der Waals surface area contributed by atoms with Gasteiger partial charge >= 0.3 is 7.12 Å². The van der Waals surface area contributed by atoms with Crippen molar-refractivity contribution >= 4 is 28.1 Å². The number of nitrogens with zero attached hydrogens (tertiary/aromatic N) is 1. The van der Waals surface area contributed by atoms with E-state index in [0.29, 0.717) is 13.1 Å². The van der Waals surface area contributed by atoms with Crippen molar-refractivity contribution < 1.29 is 17.7 Å². The fraction of sp³-hybridized carbons (Fsp3) is 0.625. The van der Waals surface area contributed by atoms with Crippen LogP contribution in [0.3, 0.4) is 0 Å². The third kappa shape index (κ3) is 3.27. The summed E-state index contributed by atoms with van der Waals surface area (Å²) < 4.78 is 35.1. The Morgan fingerprint density at radius 2 is 1.43 bits per heavy atom. The summed E-state index contributed by atoms with van der Waals surface area (Å²) in [5.41, 5.74) is 1.33. The molecule has 23 heavy (non-hydrogen) atoms. The van der Waals surface area contributed by atoms with Gasteiger partial charge in [0.15, 0.2) is 9.84 Å². The van der Waals surface area contributed by atoms with Crippen LogP contribution in [0.2, 0.25) is 0 Å². The molecule has 1 aromatic carbocycles. The van der Waals surface area contributed by atoms with Gasteiger partial charge in [0.25, 0.3) is 0 Å². The number of hydrogen-bond acceptors (Lipinski definition) is 5. The minimum atomic E-state index is -2.85. The first-order valence-electron chi connectivity index (χ1n) is 8.01. The van der Waals surface area contributed by atoms with E-state index in [1.165, 1.54) is 0 Å². The van der Waals surface area contributed by atoms with Crippen LogP contribution in [0.5, 0.6) is 0 Å². The zero-order chi connectivity index (χ0) is 16.9. The second kappa shape index (κ2) is 5.50. The Hall–Kier alpha value is -1.05. The van der Waals surface area contributed by atoms with Gasteiger partial charge in [0.1, 0.15) is 0 Å². The van der Waals surface area contributed by atoms with Crippen LogP contribution in [-0.2, 0) is 19.1 Å². The van der Waals surface area contributed by atoms with Crippen molar-refractivity contribution in [3.05, 3.63) is 24.3 Å². The van der Waals surface area contributed by atoms with Crippen LogP contribution in [0.4, 0.5) is 5.69 Å². The molecule has 0 spiro atoms. The van der Waals surface area contributed by atoms with Crippen LogP contribution in [0.15, 0.2) is 24.3 Å². The van der Waals surface area contributed by atoms with E-state index in [1.54, 1.807) is 0 Å². The monoisotopic (exact) mass is 337 g/mol. The molecule has 2 fully saturated rings. The van der Waals surface area contributed by atoms with Gasteiger partial charge in [-0.1, -0.05) is 12.1 Å². The van der Waals surface area contributed by atoms with Gasteiger partial charge in [-0.2, -0.15) is 0 Å². The summed E-state index contributed by atoms with van der Waals surface area (Å²) in [4.78, 5) is 2.11. The first-order valence-corrected chi connectivity index (χ1v) is 9.83. The van der Waals surface area contributed by atoms with Crippen molar-refractivity contribution in [1.82, 2.24) is 0 Å². The summed E-state index contributed by atoms with van der Waals surface area (Å²) in [6.07, 6.45) is 0. The average Bonchev–Trinajstić information content (AvgIpc) is 2.68. The van der Waals surface area contributed by atoms with Gasteiger partial charge in [-0.15, -0.1) is 0 Å². The second-order valence-electron chi connectivity index (χ2n) is 7.32. The van der Waals surface area contributed by atoms with Gasteiger partial charge in [-0.25, -0.2) is 8.42 Å². The van der Waals surface area contributed by atoms with Crippen LogP contribution in [0.25, 0.3) is 0 Å². The number of benzene rings is 1. The molecule has 0 unspecified atom stereocenters. The van der Waals surface area contributed by atoms with Crippen molar-refractivity contribution in [2.45, 2.75) is 38.9 Å². The van der Waals surface area contributed by atoms with Crippen LogP contribution in [0.1, 0.15) is 27.7 Å². The summed E-state index contributed by atoms with van der Waals surface area (Å²) >= 11 is 0. The van der Waals surface area contributed by atoms with Crippen LogP contribution in [-0.4, -0.2) is 51.3 Å². The van der Waals surface area contributed by atoms with E-state index in [0.717, 1.165) is 11.2 Å². The summed E-state index contributed by atoms with van der Waals surface area (Å²) in [6, 6.07) is 8.03. The molecule has 0 aromatic heterocycles. The normalized spacial score (nSPS) is 25.6. The van der Waals surface area contributed by atoms with Crippen molar-refractivity contribution in [2.24, 2.45) is 0 Å². The Labute approximate surface area is 139 Å². The summed E-state index contributed by atoms with van der Waals surface area (Å²) in [6.45, 7) is 9.26. The predicted molar refractivity (Wildman–Crippen MR) is 93.0 cm³/mol. The summed E-state index contributed by atoms with van der Waals surface area (Å²) in [5, 5.41) is 0. The van der Waals surface area contributed by atoms with E-state index in [9.17, 15) is 8.42 Å². The molecular formula is C16H24BNO4S. The second-order valence-corrected chi connectivity index (χ2v) is 9.62. The van der Waals surface area contributed by atoms with E-state index in [2.05, 4.69) is 4.90 Å². The lowest BCUT2D eigenvalue weighted by molar-refractivity contribution is 0.00578. The van der Waals surface area contributed by atoms with Crippen molar-refractivity contribution in [1.29, 1.82) is 0 Å². The Balaban J connectivity index is 1.71. The first-order chi connectivity index (χ1) is 10.6. The maximum Gasteiger partial charge on any atom is 0.494 e. The molecule has 126 valence electrons. The van der Waals surface area contributed by atoms with Gasteiger partial charge in [0.05, 0.1) is 22.7 Å². The van der Waals surface area contributed by atoms with E-state index >= 15 is 0 Å². The highest BCUT2D eigenvalue weighted by Crippen LogP contribution is 2.36. The smallest absolute Gasteiger partial charge is 0.399 e.